The van der Waals surface area contributed by atoms with Crippen molar-refractivity contribution in [2.45, 2.75) is 59.4 Å². The molecule has 1 heterocycles. The lowest BCUT2D eigenvalue weighted by molar-refractivity contribution is 0.518. The molecule has 0 aliphatic heterocycles. The van der Waals surface area contributed by atoms with Crippen LogP contribution < -0.4 is 10.6 Å². The van der Waals surface area contributed by atoms with Crippen LogP contribution in [0.4, 0.5) is 0 Å². The Morgan fingerprint density at radius 2 is 1.96 bits per heavy atom. The molecule has 0 unspecified atom stereocenters. The van der Waals surface area contributed by atoms with Crippen molar-refractivity contribution in [3.63, 3.8) is 0 Å². The highest BCUT2D eigenvalue weighted by Gasteiger charge is 2.04. The monoisotopic (exact) mass is 334 g/mol. The topological polar surface area (TPSA) is 67.1 Å². The zero-order valence-electron chi connectivity index (χ0n) is 15.8. The van der Waals surface area contributed by atoms with Crippen molar-refractivity contribution in [2.75, 3.05) is 13.1 Å². The molecule has 1 aromatic rings. The summed E-state index contributed by atoms with van der Waals surface area (Å²) in [5, 5.41) is 14.8. The first kappa shape index (κ1) is 20.2. The number of rotatable bonds is 11. The molecule has 0 aliphatic rings. The van der Waals surface area contributed by atoms with Gasteiger partial charge in [-0.15, -0.1) is 16.8 Å². The molecule has 0 saturated heterocycles. The van der Waals surface area contributed by atoms with E-state index in [1.54, 1.807) is 0 Å². The molecule has 1 aromatic heterocycles. The van der Waals surface area contributed by atoms with Crippen molar-refractivity contribution in [3.05, 3.63) is 24.3 Å². The molecular weight excluding hydrogens is 300 g/mol. The minimum atomic E-state index is 0.512. The van der Waals surface area contributed by atoms with Gasteiger partial charge in [-0.05, 0) is 19.3 Å². The van der Waals surface area contributed by atoms with Crippen LogP contribution in [0.1, 0.15) is 57.6 Å². The summed E-state index contributed by atoms with van der Waals surface area (Å²) in [6.07, 6.45) is 8.23. The van der Waals surface area contributed by atoms with Gasteiger partial charge in [0.2, 0.25) is 0 Å². The van der Waals surface area contributed by atoms with Gasteiger partial charge in [0.1, 0.15) is 12.4 Å². The second kappa shape index (κ2) is 11.6. The van der Waals surface area contributed by atoms with Crippen molar-refractivity contribution < 1.29 is 0 Å². The summed E-state index contributed by atoms with van der Waals surface area (Å²) < 4.78 is 1.96. The standard InChI is InChI=1S/C18H34N6/c1-6-12-19-18(20-13-10-8-7-9-11-15(2)3)21-14-17-23-22-16(4)24(17)5/h6,15H,1,7-14H2,2-5H3,(H2,19,20,21). The van der Waals surface area contributed by atoms with E-state index < -0.39 is 0 Å². The Kier molecular flexibility index (Phi) is 9.80. The number of aromatic nitrogens is 3. The predicted octanol–water partition coefficient (Wildman–Crippen LogP) is 2.95. The van der Waals surface area contributed by atoms with E-state index in [9.17, 15) is 0 Å². The van der Waals surface area contributed by atoms with E-state index in [-0.39, 0.29) is 0 Å². The molecule has 0 amide bonds. The van der Waals surface area contributed by atoms with Crippen LogP contribution in [0.25, 0.3) is 0 Å². The molecule has 0 radical (unpaired) electrons. The van der Waals surface area contributed by atoms with E-state index in [1.165, 1.54) is 25.7 Å². The summed E-state index contributed by atoms with van der Waals surface area (Å²) in [4.78, 5) is 4.59. The molecule has 0 aromatic carbocycles. The molecule has 2 N–H and O–H groups in total. The van der Waals surface area contributed by atoms with Gasteiger partial charge in [-0.1, -0.05) is 45.6 Å². The highest BCUT2D eigenvalue weighted by atomic mass is 15.3. The molecule has 0 bridgehead atoms. The molecule has 0 spiro atoms. The van der Waals surface area contributed by atoms with Crippen LogP contribution in [0.5, 0.6) is 0 Å². The maximum absolute atomic E-state index is 4.59. The second-order valence-electron chi connectivity index (χ2n) is 6.58. The Bertz CT molecular complexity index is 504. The minimum absolute atomic E-state index is 0.512. The minimum Gasteiger partial charge on any atom is -0.356 e. The summed E-state index contributed by atoms with van der Waals surface area (Å²) in [7, 11) is 1.96. The summed E-state index contributed by atoms with van der Waals surface area (Å²) in [6.45, 7) is 12.4. The lowest BCUT2D eigenvalue weighted by Gasteiger charge is -2.11. The fourth-order valence-corrected chi connectivity index (χ4v) is 2.32. The van der Waals surface area contributed by atoms with Crippen LogP contribution in [-0.2, 0) is 13.6 Å². The number of hydrogen-bond donors (Lipinski definition) is 2. The smallest absolute Gasteiger partial charge is 0.191 e. The largest absolute Gasteiger partial charge is 0.356 e. The summed E-state index contributed by atoms with van der Waals surface area (Å²) >= 11 is 0. The van der Waals surface area contributed by atoms with Gasteiger partial charge >= 0.3 is 0 Å². The van der Waals surface area contributed by atoms with Gasteiger partial charge in [0.05, 0.1) is 0 Å². The average Bonchev–Trinajstić information content (AvgIpc) is 2.87. The number of unbranched alkanes of at least 4 members (excludes halogenated alkanes) is 3. The second-order valence-corrected chi connectivity index (χ2v) is 6.58. The quantitative estimate of drug-likeness (QED) is 0.283. The van der Waals surface area contributed by atoms with Gasteiger partial charge in [-0.3, -0.25) is 0 Å². The molecule has 6 nitrogen and oxygen atoms in total. The van der Waals surface area contributed by atoms with E-state index >= 15 is 0 Å². The summed E-state index contributed by atoms with van der Waals surface area (Å²) in [5.74, 6) is 3.38. The van der Waals surface area contributed by atoms with Gasteiger partial charge in [0.25, 0.3) is 0 Å². The molecule has 6 heteroatoms. The van der Waals surface area contributed by atoms with Gasteiger partial charge < -0.3 is 15.2 Å². The Labute approximate surface area is 146 Å². The van der Waals surface area contributed by atoms with Crippen LogP contribution in [-0.4, -0.2) is 33.8 Å². The molecule has 0 saturated carbocycles. The van der Waals surface area contributed by atoms with E-state index in [1.807, 2.05) is 24.6 Å². The summed E-state index contributed by atoms with van der Waals surface area (Å²) in [5.41, 5.74) is 0. The normalized spacial score (nSPS) is 11.8. The van der Waals surface area contributed by atoms with E-state index in [0.717, 1.165) is 36.5 Å². The van der Waals surface area contributed by atoms with E-state index in [0.29, 0.717) is 13.1 Å². The maximum atomic E-state index is 4.59. The van der Waals surface area contributed by atoms with Crippen LogP contribution in [0, 0.1) is 12.8 Å². The molecule has 0 atom stereocenters. The van der Waals surface area contributed by atoms with Crippen LogP contribution >= 0.6 is 0 Å². The first-order chi connectivity index (χ1) is 11.5. The van der Waals surface area contributed by atoms with Gasteiger partial charge in [0.15, 0.2) is 11.8 Å². The van der Waals surface area contributed by atoms with Crippen LogP contribution in [0.2, 0.25) is 0 Å². The first-order valence-electron chi connectivity index (χ1n) is 9.02. The van der Waals surface area contributed by atoms with Gasteiger partial charge in [-0.25, -0.2) is 4.99 Å². The average molecular weight is 335 g/mol. The first-order valence-corrected chi connectivity index (χ1v) is 9.02. The fraction of sp³-hybridized carbons (Fsp3) is 0.722. The van der Waals surface area contributed by atoms with Crippen molar-refractivity contribution >= 4 is 5.96 Å². The highest BCUT2D eigenvalue weighted by molar-refractivity contribution is 5.79. The number of nitrogens with zero attached hydrogens (tertiary/aromatic N) is 4. The third-order valence-corrected chi connectivity index (χ3v) is 3.98. The number of aryl methyl sites for hydroxylation is 1. The SMILES string of the molecule is C=CCNC(=NCc1nnc(C)n1C)NCCCCCCC(C)C. The van der Waals surface area contributed by atoms with E-state index in [2.05, 4.69) is 46.2 Å². The highest BCUT2D eigenvalue weighted by Crippen LogP contribution is 2.08. The van der Waals surface area contributed by atoms with Gasteiger partial charge in [0, 0.05) is 20.1 Å². The van der Waals surface area contributed by atoms with Crippen molar-refractivity contribution in [1.82, 2.24) is 25.4 Å². The lowest BCUT2D eigenvalue weighted by Crippen LogP contribution is -2.38. The van der Waals surface area contributed by atoms with E-state index in [4.69, 9.17) is 0 Å². The Morgan fingerprint density at radius 1 is 1.21 bits per heavy atom. The fourth-order valence-electron chi connectivity index (χ4n) is 2.32. The maximum Gasteiger partial charge on any atom is 0.191 e. The number of guanidine groups is 1. The third-order valence-electron chi connectivity index (χ3n) is 3.98. The number of hydrogen-bond acceptors (Lipinski definition) is 3. The zero-order chi connectivity index (χ0) is 17.8. The van der Waals surface area contributed by atoms with Crippen LogP contribution in [0.3, 0.4) is 0 Å². The molecule has 136 valence electrons. The Morgan fingerprint density at radius 3 is 2.58 bits per heavy atom. The third kappa shape index (κ3) is 8.13. The predicted molar refractivity (Wildman–Crippen MR) is 101 cm³/mol. The van der Waals surface area contributed by atoms with Crippen molar-refractivity contribution in [2.24, 2.45) is 18.0 Å². The Hall–Kier alpha value is -1.85. The number of nitrogens with one attached hydrogen (secondary N) is 2. The van der Waals surface area contributed by atoms with Crippen molar-refractivity contribution in [1.29, 1.82) is 0 Å². The van der Waals surface area contributed by atoms with Crippen molar-refractivity contribution in [3.8, 4) is 0 Å². The summed E-state index contributed by atoms with van der Waals surface area (Å²) in [6, 6.07) is 0. The van der Waals surface area contributed by atoms with Gasteiger partial charge in [-0.2, -0.15) is 0 Å². The molecule has 24 heavy (non-hydrogen) atoms. The Balaban J connectivity index is 2.34. The zero-order valence-corrected chi connectivity index (χ0v) is 15.8. The molecule has 1 rings (SSSR count). The molecule has 0 aliphatic carbocycles. The van der Waals surface area contributed by atoms with Crippen LogP contribution in [0.15, 0.2) is 17.6 Å². The number of aliphatic imine (C=N–C) groups is 1. The molecular formula is C18H34N6. The molecule has 0 fully saturated rings. The lowest BCUT2D eigenvalue weighted by atomic mass is 10.0.